The second-order valence-electron chi connectivity index (χ2n) is 4.12. The Morgan fingerprint density at radius 3 is 2.85 bits per heavy atom. The number of nitrogens with one attached hydrogen (secondary N) is 2. The van der Waals surface area contributed by atoms with Crippen molar-refractivity contribution >= 4 is 29.9 Å². The lowest BCUT2D eigenvalue weighted by Gasteiger charge is -2.10. The fraction of sp³-hybridized carbons (Fsp3) is 0.400. The number of hydrogen-bond donors (Lipinski definition) is 2. The minimum absolute atomic E-state index is 0. The van der Waals surface area contributed by atoms with E-state index in [4.69, 9.17) is 4.74 Å². The first kappa shape index (κ1) is 18.8. The molecule has 1 aromatic rings. The van der Waals surface area contributed by atoms with E-state index in [9.17, 15) is 0 Å². The Morgan fingerprint density at radius 2 is 2.20 bits per heavy atom. The van der Waals surface area contributed by atoms with Gasteiger partial charge in [-0.15, -0.1) is 30.6 Å². The highest BCUT2D eigenvalue weighted by Gasteiger charge is 1.98. The second kappa shape index (κ2) is 11.6. The largest absolute Gasteiger partial charge is 0.497 e. The second-order valence-corrected chi connectivity index (χ2v) is 4.12. The summed E-state index contributed by atoms with van der Waals surface area (Å²) in [6.07, 6.45) is 3.87. The van der Waals surface area contributed by atoms with Gasteiger partial charge in [-0.1, -0.05) is 18.2 Å². The van der Waals surface area contributed by atoms with Crippen LogP contribution in [0.25, 0.3) is 0 Å². The lowest BCUT2D eigenvalue weighted by atomic mass is 10.1. The van der Waals surface area contributed by atoms with Crippen molar-refractivity contribution in [2.75, 3.05) is 27.2 Å². The maximum atomic E-state index is 5.21. The number of ether oxygens (including phenoxy) is 1. The maximum Gasteiger partial charge on any atom is 0.191 e. The molecule has 112 valence electrons. The number of halogens is 1. The topological polar surface area (TPSA) is 45.7 Å². The quantitative estimate of drug-likeness (QED) is 0.248. The highest BCUT2D eigenvalue weighted by Crippen LogP contribution is 2.13. The van der Waals surface area contributed by atoms with E-state index in [1.807, 2.05) is 18.2 Å². The van der Waals surface area contributed by atoms with Gasteiger partial charge in [-0.25, -0.2) is 0 Å². The molecule has 0 aliphatic carbocycles. The molecule has 4 nitrogen and oxygen atoms in total. The zero-order valence-electron chi connectivity index (χ0n) is 12.2. The monoisotopic (exact) mass is 389 g/mol. The molecule has 0 atom stereocenters. The fourth-order valence-electron chi connectivity index (χ4n) is 1.72. The third-order valence-corrected chi connectivity index (χ3v) is 2.71. The van der Waals surface area contributed by atoms with Crippen molar-refractivity contribution in [2.45, 2.75) is 12.8 Å². The van der Waals surface area contributed by atoms with Crippen molar-refractivity contribution in [3.8, 4) is 5.75 Å². The Kier molecular flexibility index (Phi) is 10.9. The molecule has 1 aromatic carbocycles. The SMILES string of the molecule is C=CCNC(=NC)NCCCc1cccc(OC)c1.I. The number of aliphatic imine (C=N–C) groups is 1. The normalized spacial score (nSPS) is 10.4. The summed E-state index contributed by atoms with van der Waals surface area (Å²) in [5, 5.41) is 6.40. The van der Waals surface area contributed by atoms with E-state index in [1.54, 1.807) is 14.2 Å². The molecule has 20 heavy (non-hydrogen) atoms. The molecular weight excluding hydrogens is 365 g/mol. The van der Waals surface area contributed by atoms with Crippen LogP contribution in [-0.4, -0.2) is 33.2 Å². The lowest BCUT2D eigenvalue weighted by Crippen LogP contribution is -2.37. The van der Waals surface area contributed by atoms with E-state index in [2.05, 4.69) is 34.3 Å². The molecule has 0 spiro atoms. The van der Waals surface area contributed by atoms with Crippen molar-refractivity contribution in [1.29, 1.82) is 0 Å². The molecule has 0 aliphatic heterocycles. The van der Waals surface area contributed by atoms with Crippen LogP contribution in [0.3, 0.4) is 0 Å². The summed E-state index contributed by atoms with van der Waals surface area (Å²) in [4.78, 5) is 4.12. The molecule has 0 unspecified atom stereocenters. The van der Waals surface area contributed by atoms with E-state index < -0.39 is 0 Å². The van der Waals surface area contributed by atoms with Crippen molar-refractivity contribution in [3.63, 3.8) is 0 Å². The summed E-state index contributed by atoms with van der Waals surface area (Å²) in [7, 11) is 3.45. The molecule has 0 amide bonds. The third-order valence-electron chi connectivity index (χ3n) is 2.71. The molecule has 0 saturated carbocycles. The van der Waals surface area contributed by atoms with Crippen molar-refractivity contribution in [1.82, 2.24) is 10.6 Å². The number of nitrogens with zero attached hydrogens (tertiary/aromatic N) is 1. The Balaban J connectivity index is 0.00000361. The molecule has 2 N–H and O–H groups in total. The Hall–Kier alpha value is -1.24. The zero-order valence-corrected chi connectivity index (χ0v) is 14.5. The van der Waals surface area contributed by atoms with Gasteiger partial charge in [-0.05, 0) is 30.5 Å². The van der Waals surface area contributed by atoms with E-state index in [1.165, 1.54) is 5.56 Å². The number of guanidine groups is 1. The van der Waals surface area contributed by atoms with E-state index >= 15 is 0 Å². The number of benzene rings is 1. The van der Waals surface area contributed by atoms with Crippen LogP contribution in [0, 0.1) is 0 Å². The summed E-state index contributed by atoms with van der Waals surface area (Å²) < 4.78 is 5.21. The minimum atomic E-state index is 0. The van der Waals surface area contributed by atoms with Gasteiger partial charge in [0.2, 0.25) is 0 Å². The predicted molar refractivity (Wildman–Crippen MR) is 96.3 cm³/mol. The highest BCUT2D eigenvalue weighted by atomic mass is 127. The van der Waals surface area contributed by atoms with Gasteiger partial charge in [-0.2, -0.15) is 0 Å². The standard InChI is InChI=1S/C15H23N3O.HI/c1-4-10-17-15(16-2)18-11-6-8-13-7-5-9-14(12-13)19-3;/h4-5,7,9,12H,1,6,8,10-11H2,2-3H3,(H2,16,17,18);1H. The van der Waals surface area contributed by atoms with Crippen LogP contribution in [0.2, 0.25) is 0 Å². The molecule has 0 radical (unpaired) electrons. The van der Waals surface area contributed by atoms with Crippen LogP contribution in [0.15, 0.2) is 41.9 Å². The van der Waals surface area contributed by atoms with E-state index in [0.29, 0.717) is 0 Å². The van der Waals surface area contributed by atoms with Crippen LogP contribution in [0.1, 0.15) is 12.0 Å². The molecule has 0 aliphatic rings. The number of rotatable bonds is 7. The molecule has 5 heteroatoms. The molecule has 0 aromatic heterocycles. The van der Waals surface area contributed by atoms with Gasteiger partial charge in [0.05, 0.1) is 7.11 Å². The number of hydrogen-bond acceptors (Lipinski definition) is 2. The van der Waals surface area contributed by atoms with E-state index in [0.717, 1.165) is 37.6 Å². The number of methoxy groups -OCH3 is 1. The van der Waals surface area contributed by atoms with Gasteiger partial charge in [0.1, 0.15) is 5.75 Å². The Bertz CT molecular complexity index is 421. The van der Waals surface area contributed by atoms with Gasteiger partial charge in [0.25, 0.3) is 0 Å². The van der Waals surface area contributed by atoms with Gasteiger partial charge in [0.15, 0.2) is 5.96 Å². The third kappa shape index (κ3) is 7.37. The van der Waals surface area contributed by atoms with Gasteiger partial charge in [-0.3, -0.25) is 4.99 Å². The first-order chi connectivity index (χ1) is 9.30. The zero-order chi connectivity index (χ0) is 13.9. The summed E-state index contributed by atoms with van der Waals surface area (Å²) in [5.41, 5.74) is 1.29. The van der Waals surface area contributed by atoms with Crippen LogP contribution >= 0.6 is 24.0 Å². The maximum absolute atomic E-state index is 5.21. The van der Waals surface area contributed by atoms with Crippen LogP contribution in [0.5, 0.6) is 5.75 Å². The molecule has 1 rings (SSSR count). The number of aryl methyl sites for hydroxylation is 1. The summed E-state index contributed by atoms with van der Waals surface area (Å²) >= 11 is 0. The van der Waals surface area contributed by atoms with Crippen molar-refractivity contribution in [2.24, 2.45) is 4.99 Å². The van der Waals surface area contributed by atoms with Crippen molar-refractivity contribution in [3.05, 3.63) is 42.5 Å². The molecule has 0 bridgehead atoms. The smallest absolute Gasteiger partial charge is 0.191 e. The van der Waals surface area contributed by atoms with Gasteiger partial charge >= 0.3 is 0 Å². The predicted octanol–water partition coefficient (Wildman–Crippen LogP) is 2.60. The highest BCUT2D eigenvalue weighted by molar-refractivity contribution is 14.0. The van der Waals surface area contributed by atoms with Crippen molar-refractivity contribution < 1.29 is 4.74 Å². The minimum Gasteiger partial charge on any atom is -0.497 e. The first-order valence-corrected chi connectivity index (χ1v) is 6.48. The molecule has 0 fully saturated rings. The molecular formula is C15H24IN3O. The van der Waals surface area contributed by atoms with Gasteiger partial charge < -0.3 is 15.4 Å². The van der Waals surface area contributed by atoms with Crippen LogP contribution < -0.4 is 15.4 Å². The Morgan fingerprint density at radius 1 is 1.40 bits per heavy atom. The summed E-state index contributed by atoms with van der Waals surface area (Å²) in [5.74, 6) is 1.72. The summed E-state index contributed by atoms with van der Waals surface area (Å²) in [6.45, 7) is 5.26. The molecule has 0 heterocycles. The van der Waals surface area contributed by atoms with E-state index in [-0.39, 0.29) is 24.0 Å². The van der Waals surface area contributed by atoms with Crippen LogP contribution in [-0.2, 0) is 6.42 Å². The summed E-state index contributed by atoms with van der Waals surface area (Å²) in [6, 6.07) is 8.17. The first-order valence-electron chi connectivity index (χ1n) is 6.48. The van der Waals surface area contributed by atoms with Crippen LogP contribution in [0.4, 0.5) is 0 Å². The average Bonchev–Trinajstić information content (AvgIpc) is 2.47. The molecule has 0 saturated heterocycles. The van der Waals surface area contributed by atoms with Gasteiger partial charge in [0, 0.05) is 20.1 Å². The lowest BCUT2D eigenvalue weighted by molar-refractivity contribution is 0.414. The fourth-order valence-corrected chi connectivity index (χ4v) is 1.72. The Labute approximate surface area is 138 Å². The average molecular weight is 389 g/mol.